The van der Waals surface area contributed by atoms with Gasteiger partial charge in [-0.25, -0.2) is 0 Å². The van der Waals surface area contributed by atoms with Gasteiger partial charge in [0.1, 0.15) is 0 Å². The number of hydrogen-bond acceptors (Lipinski definition) is 4. The molecule has 0 radical (unpaired) electrons. The molecule has 1 unspecified atom stereocenters. The van der Waals surface area contributed by atoms with E-state index < -0.39 is 5.60 Å². The maximum absolute atomic E-state index is 9.78. The lowest BCUT2D eigenvalue weighted by molar-refractivity contribution is 0.0535. The van der Waals surface area contributed by atoms with Crippen molar-refractivity contribution in [2.45, 2.75) is 38.7 Å². The van der Waals surface area contributed by atoms with Gasteiger partial charge in [-0.2, -0.15) is 0 Å². The second kappa shape index (κ2) is 7.36. The van der Waals surface area contributed by atoms with Crippen molar-refractivity contribution in [1.82, 2.24) is 0 Å². The monoisotopic (exact) mass is 267 g/mol. The van der Waals surface area contributed by atoms with Crippen LogP contribution in [0.25, 0.3) is 0 Å². The number of methoxy groups -OCH3 is 1. The first kappa shape index (κ1) is 15.8. The van der Waals surface area contributed by atoms with E-state index in [2.05, 4.69) is 6.92 Å². The Balaban J connectivity index is 2.49. The van der Waals surface area contributed by atoms with Gasteiger partial charge in [0.2, 0.25) is 0 Å². The lowest BCUT2D eigenvalue weighted by atomic mass is 10.0. The van der Waals surface area contributed by atoms with Gasteiger partial charge in [0, 0.05) is 6.54 Å². The molecule has 1 atom stereocenters. The van der Waals surface area contributed by atoms with Crippen LogP contribution < -0.4 is 15.2 Å². The first-order valence-electron chi connectivity index (χ1n) is 6.74. The number of benzene rings is 1. The molecule has 4 heteroatoms. The molecule has 0 aromatic heterocycles. The van der Waals surface area contributed by atoms with Crippen LogP contribution in [-0.2, 0) is 6.42 Å². The van der Waals surface area contributed by atoms with Crippen molar-refractivity contribution in [3.05, 3.63) is 23.8 Å². The van der Waals surface area contributed by atoms with Crippen LogP contribution in [0.15, 0.2) is 18.2 Å². The molecule has 0 amide bonds. The molecule has 108 valence electrons. The summed E-state index contributed by atoms with van der Waals surface area (Å²) in [6.07, 6.45) is 2.34. The summed E-state index contributed by atoms with van der Waals surface area (Å²) in [5.74, 6) is 1.50. The predicted octanol–water partition coefficient (Wildman–Crippen LogP) is 2.13. The van der Waals surface area contributed by atoms with Crippen LogP contribution in [0.5, 0.6) is 11.5 Å². The molecular formula is C15H25NO3. The van der Waals surface area contributed by atoms with Gasteiger partial charge >= 0.3 is 0 Å². The highest BCUT2D eigenvalue weighted by Gasteiger charge is 2.17. The fourth-order valence-electron chi connectivity index (χ4n) is 1.79. The van der Waals surface area contributed by atoms with E-state index in [0.29, 0.717) is 13.0 Å². The summed E-state index contributed by atoms with van der Waals surface area (Å²) in [5, 5.41) is 9.78. The van der Waals surface area contributed by atoms with E-state index in [0.717, 1.165) is 24.3 Å². The van der Waals surface area contributed by atoms with Gasteiger partial charge in [0.05, 0.1) is 19.3 Å². The third kappa shape index (κ3) is 5.09. The smallest absolute Gasteiger partial charge is 0.161 e. The number of ether oxygens (including phenoxy) is 2. The zero-order chi connectivity index (χ0) is 14.3. The summed E-state index contributed by atoms with van der Waals surface area (Å²) < 4.78 is 11.0. The molecular weight excluding hydrogens is 242 g/mol. The summed E-state index contributed by atoms with van der Waals surface area (Å²) in [7, 11) is 1.64. The molecule has 0 spiro atoms. The van der Waals surface area contributed by atoms with Gasteiger partial charge in [-0.1, -0.05) is 13.0 Å². The lowest BCUT2D eigenvalue weighted by Gasteiger charge is -2.20. The number of aryl methyl sites for hydroxylation is 1. The van der Waals surface area contributed by atoms with E-state index in [4.69, 9.17) is 15.2 Å². The first-order valence-corrected chi connectivity index (χ1v) is 6.74. The quantitative estimate of drug-likeness (QED) is 0.708. The number of aliphatic hydroxyl groups is 1. The molecule has 0 aliphatic rings. The first-order chi connectivity index (χ1) is 9.02. The van der Waals surface area contributed by atoms with Crippen molar-refractivity contribution in [3.63, 3.8) is 0 Å². The van der Waals surface area contributed by atoms with Gasteiger partial charge < -0.3 is 20.3 Å². The molecule has 3 N–H and O–H groups in total. The van der Waals surface area contributed by atoms with Crippen molar-refractivity contribution < 1.29 is 14.6 Å². The van der Waals surface area contributed by atoms with E-state index in [9.17, 15) is 5.11 Å². The minimum atomic E-state index is -0.806. The standard InChI is InChI=1S/C15H25NO3/c1-4-12-6-7-13(14(10-12)18-3)19-9-5-8-15(2,17)11-16/h6-7,10,17H,4-5,8-9,11,16H2,1-3H3. The zero-order valence-corrected chi connectivity index (χ0v) is 12.1. The van der Waals surface area contributed by atoms with Gasteiger partial charge in [-0.15, -0.1) is 0 Å². The van der Waals surface area contributed by atoms with Crippen LogP contribution in [0.3, 0.4) is 0 Å². The number of nitrogens with two attached hydrogens (primary N) is 1. The largest absolute Gasteiger partial charge is 0.493 e. The third-order valence-corrected chi connectivity index (χ3v) is 3.19. The van der Waals surface area contributed by atoms with Gasteiger partial charge in [-0.05, 0) is 43.9 Å². The lowest BCUT2D eigenvalue weighted by Crippen LogP contribution is -2.34. The van der Waals surface area contributed by atoms with E-state index in [-0.39, 0.29) is 6.54 Å². The molecule has 0 saturated carbocycles. The molecule has 0 fully saturated rings. The van der Waals surface area contributed by atoms with Gasteiger partial charge in [0.15, 0.2) is 11.5 Å². The van der Waals surface area contributed by atoms with Crippen LogP contribution in [0, 0.1) is 0 Å². The average molecular weight is 267 g/mol. The molecule has 4 nitrogen and oxygen atoms in total. The van der Waals surface area contributed by atoms with Crippen LogP contribution in [0.1, 0.15) is 32.3 Å². The molecule has 1 aromatic rings. The van der Waals surface area contributed by atoms with Crippen molar-refractivity contribution in [2.75, 3.05) is 20.3 Å². The normalized spacial score (nSPS) is 13.9. The Morgan fingerprint density at radius 2 is 2.05 bits per heavy atom. The van der Waals surface area contributed by atoms with Crippen molar-refractivity contribution in [1.29, 1.82) is 0 Å². The molecule has 0 aliphatic carbocycles. The van der Waals surface area contributed by atoms with Crippen molar-refractivity contribution in [3.8, 4) is 11.5 Å². The van der Waals surface area contributed by atoms with Gasteiger partial charge in [0.25, 0.3) is 0 Å². The summed E-state index contributed by atoms with van der Waals surface area (Å²) in [6, 6.07) is 5.96. The molecule has 19 heavy (non-hydrogen) atoms. The van der Waals surface area contributed by atoms with Crippen LogP contribution in [0.2, 0.25) is 0 Å². The van der Waals surface area contributed by atoms with Crippen LogP contribution in [0.4, 0.5) is 0 Å². The SMILES string of the molecule is CCc1ccc(OCCCC(C)(O)CN)c(OC)c1. The highest BCUT2D eigenvalue weighted by molar-refractivity contribution is 5.42. The summed E-state index contributed by atoms with van der Waals surface area (Å²) in [5.41, 5.74) is 5.88. The molecule has 1 rings (SSSR count). The topological polar surface area (TPSA) is 64.7 Å². The minimum absolute atomic E-state index is 0.265. The van der Waals surface area contributed by atoms with E-state index >= 15 is 0 Å². The van der Waals surface area contributed by atoms with E-state index in [1.54, 1.807) is 14.0 Å². The van der Waals surface area contributed by atoms with E-state index in [1.807, 2.05) is 18.2 Å². The Labute approximate surface area is 115 Å². The Morgan fingerprint density at radius 1 is 1.32 bits per heavy atom. The average Bonchev–Trinajstić information content (AvgIpc) is 2.43. The predicted molar refractivity (Wildman–Crippen MR) is 76.8 cm³/mol. The fraction of sp³-hybridized carbons (Fsp3) is 0.600. The summed E-state index contributed by atoms with van der Waals surface area (Å²) in [6.45, 7) is 4.65. The van der Waals surface area contributed by atoms with Crippen LogP contribution >= 0.6 is 0 Å². The highest BCUT2D eigenvalue weighted by atomic mass is 16.5. The van der Waals surface area contributed by atoms with Crippen molar-refractivity contribution >= 4 is 0 Å². The fourth-order valence-corrected chi connectivity index (χ4v) is 1.79. The Hall–Kier alpha value is -1.26. The minimum Gasteiger partial charge on any atom is -0.493 e. The maximum atomic E-state index is 9.78. The summed E-state index contributed by atoms with van der Waals surface area (Å²) >= 11 is 0. The third-order valence-electron chi connectivity index (χ3n) is 3.19. The molecule has 0 saturated heterocycles. The number of rotatable bonds is 8. The Kier molecular flexibility index (Phi) is 6.12. The van der Waals surface area contributed by atoms with E-state index in [1.165, 1.54) is 5.56 Å². The molecule has 1 aromatic carbocycles. The second-order valence-corrected chi connectivity index (χ2v) is 4.99. The molecule has 0 bridgehead atoms. The van der Waals surface area contributed by atoms with Crippen molar-refractivity contribution in [2.24, 2.45) is 5.73 Å². The summed E-state index contributed by atoms with van der Waals surface area (Å²) in [4.78, 5) is 0. The number of hydrogen-bond donors (Lipinski definition) is 2. The molecule has 0 aliphatic heterocycles. The highest BCUT2D eigenvalue weighted by Crippen LogP contribution is 2.28. The maximum Gasteiger partial charge on any atom is 0.161 e. The molecule has 0 heterocycles. The van der Waals surface area contributed by atoms with Gasteiger partial charge in [-0.3, -0.25) is 0 Å². The second-order valence-electron chi connectivity index (χ2n) is 4.99. The Morgan fingerprint density at radius 3 is 2.63 bits per heavy atom. The zero-order valence-electron chi connectivity index (χ0n) is 12.1. The Bertz CT molecular complexity index is 391. The van der Waals surface area contributed by atoms with Crippen LogP contribution in [-0.4, -0.2) is 31.0 Å².